The van der Waals surface area contributed by atoms with Gasteiger partial charge in [-0.2, -0.15) is 0 Å². The number of nitrogens with zero attached hydrogens (tertiary/aromatic N) is 3. The Bertz CT molecular complexity index is 1380. The Balaban J connectivity index is 1.53. The van der Waals surface area contributed by atoms with E-state index < -0.39 is 0 Å². The van der Waals surface area contributed by atoms with Crippen LogP contribution >= 0.6 is 0 Å². The van der Waals surface area contributed by atoms with Crippen molar-refractivity contribution in [1.29, 1.82) is 0 Å². The molecule has 0 radical (unpaired) electrons. The van der Waals surface area contributed by atoms with Crippen LogP contribution in [-0.2, 0) is 0 Å². The number of hydrogen-bond donors (Lipinski definition) is 1. The molecule has 0 aliphatic rings. The normalized spacial score (nSPS) is 11.1. The van der Waals surface area contributed by atoms with Crippen molar-refractivity contribution in [2.45, 2.75) is 0 Å². The second-order valence-electron chi connectivity index (χ2n) is 6.92. The Morgan fingerprint density at radius 3 is 2.38 bits per heavy atom. The van der Waals surface area contributed by atoms with E-state index in [4.69, 9.17) is 0 Å². The molecule has 0 unspecified atom stereocenters. The Morgan fingerprint density at radius 2 is 1.52 bits per heavy atom. The number of nitrogens with one attached hydrogen (secondary N) is 1. The summed E-state index contributed by atoms with van der Waals surface area (Å²) in [5, 5.41) is 7.07. The summed E-state index contributed by atoms with van der Waals surface area (Å²) in [6.07, 6.45) is 3.49. The number of fused-ring (bicyclic) bond motifs is 4. The third kappa shape index (κ3) is 3.02. The smallest absolute Gasteiger partial charge is 0.307 e. The number of anilines is 2. The van der Waals surface area contributed by atoms with Crippen LogP contribution in [0.25, 0.3) is 32.6 Å². The van der Waals surface area contributed by atoms with E-state index in [0.29, 0.717) is 5.69 Å². The van der Waals surface area contributed by atoms with Crippen molar-refractivity contribution < 1.29 is 4.79 Å². The van der Waals surface area contributed by atoms with Crippen molar-refractivity contribution in [3.05, 3.63) is 85.2 Å². The molecule has 5 heteroatoms. The molecule has 5 aromatic rings. The first kappa shape index (κ1) is 17.1. The third-order valence-electron chi connectivity index (χ3n) is 5.13. The summed E-state index contributed by atoms with van der Waals surface area (Å²) in [4.78, 5) is 23.6. The zero-order valence-corrected chi connectivity index (χ0v) is 15.8. The summed E-state index contributed by atoms with van der Waals surface area (Å²) in [5.74, 6) is 0. The number of urea groups is 1. The fraction of sp³-hybridized carbons (Fsp3) is 0.0417. The molecule has 5 rings (SSSR count). The van der Waals surface area contributed by atoms with Gasteiger partial charge in [-0.15, -0.1) is 0 Å². The highest BCUT2D eigenvalue weighted by Gasteiger charge is 2.15. The minimum Gasteiger partial charge on any atom is -0.307 e. The molecule has 0 saturated carbocycles. The molecule has 29 heavy (non-hydrogen) atoms. The van der Waals surface area contributed by atoms with Crippen LogP contribution in [-0.4, -0.2) is 23.0 Å². The molecule has 2 heterocycles. The molecule has 0 aliphatic heterocycles. The maximum absolute atomic E-state index is 13.0. The lowest BCUT2D eigenvalue weighted by molar-refractivity contribution is 0.258. The lowest BCUT2D eigenvalue weighted by Crippen LogP contribution is -2.31. The predicted molar refractivity (Wildman–Crippen MR) is 118 cm³/mol. The number of benzene rings is 3. The Kier molecular flexibility index (Phi) is 4.06. The Hall–Kier alpha value is -3.99. The van der Waals surface area contributed by atoms with Crippen molar-refractivity contribution in [2.75, 3.05) is 17.3 Å². The molecular weight excluding hydrogens is 360 g/mol. The van der Waals surface area contributed by atoms with Crippen LogP contribution < -0.4 is 10.2 Å². The third-order valence-corrected chi connectivity index (χ3v) is 5.13. The highest BCUT2D eigenvalue weighted by atomic mass is 16.2. The van der Waals surface area contributed by atoms with Crippen molar-refractivity contribution in [3.63, 3.8) is 0 Å². The van der Waals surface area contributed by atoms with Gasteiger partial charge in [-0.3, -0.25) is 14.9 Å². The molecule has 0 saturated heterocycles. The van der Waals surface area contributed by atoms with Gasteiger partial charge in [-0.05, 0) is 47.2 Å². The van der Waals surface area contributed by atoms with Crippen LogP contribution in [0, 0.1) is 0 Å². The summed E-state index contributed by atoms with van der Waals surface area (Å²) in [7, 11) is 1.77. The van der Waals surface area contributed by atoms with Gasteiger partial charge in [0.15, 0.2) is 0 Å². The first-order valence-electron chi connectivity index (χ1n) is 9.37. The number of carbonyl (C=O) groups is 1. The number of rotatable bonds is 2. The molecule has 0 spiro atoms. The van der Waals surface area contributed by atoms with Crippen molar-refractivity contribution in [1.82, 2.24) is 9.97 Å². The highest BCUT2D eigenvalue weighted by Crippen LogP contribution is 2.30. The number of aromatic nitrogens is 2. The molecule has 0 aliphatic carbocycles. The highest BCUT2D eigenvalue weighted by molar-refractivity contribution is 6.13. The van der Waals surface area contributed by atoms with E-state index in [1.807, 2.05) is 66.7 Å². The van der Waals surface area contributed by atoms with Gasteiger partial charge in [-0.25, -0.2) is 4.79 Å². The van der Waals surface area contributed by atoms with E-state index >= 15 is 0 Å². The quantitative estimate of drug-likeness (QED) is 0.407. The average molecular weight is 378 g/mol. The predicted octanol–water partition coefficient (Wildman–Crippen LogP) is 5.60. The molecule has 2 amide bonds. The van der Waals surface area contributed by atoms with Crippen LogP contribution in [0.1, 0.15) is 0 Å². The molecule has 0 atom stereocenters. The maximum Gasteiger partial charge on any atom is 0.326 e. The van der Waals surface area contributed by atoms with Crippen molar-refractivity contribution in [2.24, 2.45) is 0 Å². The molecule has 1 N–H and O–H groups in total. The van der Waals surface area contributed by atoms with Crippen LogP contribution in [0.5, 0.6) is 0 Å². The zero-order chi connectivity index (χ0) is 19.8. The summed E-state index contributed by atoms with van der Waals surface area (Å²) >= 11 is 0. The molecule has 0 bridgehead atoms. The van der Waals surface area contributed by atoms with E-state index in [1.165, 1.54) is 0 Å². The minimum atomic E-state index is -0.214. The monoisotopic (exact) mass is 378 g/mol. The largest absolute Gasteiger partial charge is 0.326 e. The summed E-state index contributed by atoms with van der Waals surface area (Å²) in [5.41, 5.74) is 3.13. The average Bonchev–Trinajstić information content (AvgIpc) is 2.78. The molecule has 0 fully saturated rings. The molecule has 5 nitrogen and oxygen atoms in total. The van der Waals surface area contributed by atoms with Crippen molar-refractivity contribution >= 4 is 50.0 Å². The van der Waals surface area contributed by atoms with Gasteiger partial charge >= 0.3 is 6.03 Å². The molecule has 140 valence electrons. The fourth-order valence-electron chi connectivity index (χ4n) is 3.58. The fourth-order valence-corrected chi connectivity index (χ4v) is 3.58. The summed E-state index contributed by atoms with van der Waals surface area (Å²) < 4.78 is 0. The van der Waals surface area contributed by atoms with E-state index in [0.717, 1.165) is 38.3 Å². The second kappa shape index (κ2) is 6.87. The first-order valence-corrected chi connectivity index (χ1v) is 9.37. The standard InChI is InChI=1S/C24H18N4O/c1-28(19-11-10-16-6-2-3-7-17(16)14-19)24(29)27-21-15-18-8-4-12-25-22(18)23-20(21)9-5-13-26-23/h2-15H,1H3,(H,27,29). The SMILES string of the molecule is CN(C(=O)Nc1cc2cccnc2c2ncccc12)c1ccc2ccccc2c1. The van der Waals surface area contributed by atoms with Crippen LogP contribution in [0.2, 0.25) is 0 Å². The topological polar surface area (TPSA) is 58.1 Å². The summed E-state index contributed by atoms with van der Waals surface area (Å²) in [6.45, 7) is 0. The van der Waals surface area contributed by atoms with Gasteiger partial charge in [0.25, 0.3) is 0 Å². The molecule has 3 aromatic carbocycles. The Labute approximate surface area is 167 Å². The van der Waals surface area contributed by atoms with Gasteiger partial charge in [0, 0.05) is 35.9 Å². The van der Waals surface area contributed by atoms with Gasteiger partial charge < -0.3 is 5.32 Å². The first-order chi connectivity index (χ1) is 14.2. The van der Waals surface area contributed by atoms with Gasteiger partial charge in [0.2, 0.25) is 0 Å². The van der Waals surface area contributed by atoms with E-state index in [9.17, 15) is 4.79 Å². The lowest BCUT2D eigenvalue weighted by Gasteiger charge is -2.19. The van der Waals surface area contributed by atoms with Crippen LogP contribution in [0.3, 0.4) is 0 Å². The molecule has 2 aromatic heterocycles. The van der Waals surface area contributed by atoms with Gasteiger partial charge in [0.1, 0.15) is 0 Å². The summed E-state index contributed by atoms with van der Waals surface area (Å²) in [6, 6.07) is 23.5. The van der Waals surface area contributed by atoms with Crippen LogP contribution in [0.4, 0.5) is 16.2 Å². The van der Waals surface area contributed by atoms with Crippen molar-refractivity contribution in [3.8, 4) is 0 Å². The van der Waals surface area contributed by atoms with E-state index in [2.05, 4.69) is 21.4 Å². The lowest BCUT2D eigenvalue weighted by atomic mass is 10.1. The van der Waals surface area contributed by atoms with E-state index in [1.54, 1.807) is 24.3 Å². The maximum atomic E-state index is 13.0. The van der Waals surface area contributed by atoms with E-state index in [-0.39, 0.29) is 6.03 Å². The molecular formula is C24H18N4O. The minimum absolute atomic E-state index is 0.214. The Morgan fingerprint density at radius 1 is 0.793 bits per heavy atom. The number of amides is 2. The zero-order valence-electron chi connectivity index (χ0n) is 15.8. The van der Waals surface area contributed by atoms with Gasteiger partial charge in [-0.1, -0.05) is 36.4 Å². The number of pyridine rings is 2. The second-order valence-corrected chi connectivity index (χ2v) is 6.92. The van der Waals surface area contributed by atoms with Crippen LogP contribution in [0.15, 0.2) is 85.2 Å². The number of carbonyl (C=O) groups excluding carboxylic acids is 1. The van der Waals surface area contributed by atoms with Gasteiger partial charge in [0.05, 0.1) is 16.7 Å². The number of hydrogen-bond acceptors (Lipinski definition) is 3.